The minimum atomic E-state index is -0.966. The number of H-pyrrole nitrogens is 1. The molecule has 28 heavy (non-hydrogen) atoms. The summed E-state index contributed by atoms with van der Waals surface area (Å²) in [4.78, 5) is 27.1. The van der Waals surface area contributed by atoms with Crippen LogP contribution in [0.2, 0.25) is 0 Å². The Hall–Kier alpha value is -3.55. The summed E-state index contributed by atoms with van der Waals surface area (Å²) >= 11 is 0. The molecule has 2 heterocycles. The number of carbonyl (C=O) groups is 2. The van der Waals surface area contributed by atoms with Crippen LogP contribution in [0.4, 0.5) is 8.78 Å². The van der Waals surface area contributed by atoms with E-state index in [1.54, 1.807) is 12.1 Å². The number of amides is 2. The second-order valence-corrected chi connectivity index (χ2v) is 6.42. The first kappa shape index (κ1) is 17.8. The van der Waals surface area contributed by atoms with Crippen molar-refractivity contribution in [2.45, 2.75) is 6.04 Å². The van der Waals surface area contributed by atoms with Crippen LogP contribution in [-0.2, 0) is 4.79 Å². The zero-order valence-corrected chi connectivity index (χ0v) is 14.7. The fourth-order valence-electron chi connectivity index (χ4n) is 3.36. The lowest BCUT2D eigenvalue weighted by molar-refractivity contribution is -0.128. The summed E-state index contributed by atoms with van der Waals surface area (Å²) in [6, 6.07) is 10.4. The highest BCUT2D eigenvalue weighted by Gasteiger charge is 2.36. The van der Waals surface area contributed by atoms with Gasteiger partial charge in [0.15, 0.2) is 0 Å². The molecule has 1 aliphatic heterocycles. The molecule has 0 unspecified atom stereocenters. The Bertz CT molecular complexity index is 1050. The summed E-state index contributed by atoms with van der Waals surface area (Å²) in [6.45, 7) is 0.531. The number of hydrogen-bond donors (Lipinski definition) is 2. The number of aromatic nitrogens is 2. The van der Waals surface area contributed by atoms with Crippen molar-refractivity contribution in [3.05, 3.63) is 77.5 Å². The van der Waals surface area contributed by atoms with Crippen molar-refractivity contribution in [2.75, 3.05) is 13.1 Å². The van der Waals surface area contributed by atoms with E-state index >= 15 is 0 Å². The van der Waals surface area contributed by atoms with Gasteiger partial charge in [0.2, 0.25) is 5.91 Å². The molecule has 3 aromatic rings. The van der Waals surface area contributed by atoms with Crippen LogP contribution in [0.1, 0.15) is 22.0 Å². The molecule has 1 aromatic heterocycles. The standard InChI is InChI=1S/C20H16F2N4O2/c21-14-5-1-3-12(9-14)17-16(11-24-25-17)20(28)26-8-7-23-19(27)18(26)13-4-2-6-15(22)10-13/h1-6,9-11,18H,7-8H2,(H,23,27)(H,24,25)/t18-/m1/s1. The number of aromatic amines is 1. The van der Waals surface area contributed by atoms with Crippen molar-refractivity contribution in [1.29, 1.82) is 0 Å². The molecule has 8 heteroatoms. The van der Waals surface area contributed by atoms with Crippen molar-refractivity contribution in [3.8, 4) is 11.3 Å². The molecule has 142 valence electrons. The average Bonchev–Trinajstić information content (AvgIpc) is 3.17. The van der Waals surface area contributed by atoms with Gasteiger partial charge in [-0.25, -0.2) is 8.78 Å². The first-order valence-corrected chi connectivity index (χ1v) is 8.68. The maximum Gasteiger partial charge on any atom is 0.258 e. The first-order chi connectivity index (χ1) is 13.5. The van der Waals surface area contributed by atoms with Gasteiger partial charge in [0.05, 0.1) is 17.5 Å². The number of carbonyl (C=O) groups excluding carboxylic acids is 2. The topological polar surface area (TPSA) is 78.1 Å². The monoisotopic (exact) mass is 382 g/mol. The summed E-state index contributed by atoms with van der Waals surface area (Å²) < 4.78 is 27.3. The second-order valence-electron chi connectivity index (χ2n) is 6.42. The van der Waals surface area contributed by atoms with E-state index in [1.807, 2.05) is 0 Å². The van der Waals surface area contributed by atoms with Gasteiger partial charge in [-0.1, -0.05) is 24.3 Å². The molecule has 4 rings (SSSR count). The number of rotatable bonds is 3. The third-order valence-electron chi connectivity index (χ3n) is 4.62. The molecule has 0 bridgehead atoms. The zero-order valence-electron chi connectivity index (χ0n) is 14.7. The SMILES string of the molecule is O=C1NCCN(C(=O)c2cn[nH]c2-c2cccc(F)c2)[C@@H]1c1cccc(F)c1. The van der Waals surface area contributed by atoms with Gasteiger partial charge in [-0.2, -0.15) is 5.10 Å². The largest absolute Gasteiger partial charge is 0.352 e. The summed E-state index contributed by atoms with van der Waals surface area (Å²) in [5.41, 5.74) is 1.40. The smallest absolute Gasteiger partial charge is 0.258 e. The molecule has 6 nitrogen and oxygen atoms in total. The molecule has 1 aliphatic rings. The minimum Gasteiger partial charge on any atom is -0.352 e. The van der Waals surface area contributed by atoms with Gasteiger partial charge in [0.1, 0.15) is 17.7 Å². The first-order valence-electron chi connectivity index (χ1n) is 8.68. The molecule has 0 aliphatic carbocycles. The molecule has 1 fully saturated rings. The van der Waals surface area contributed by atoms with Crippen LogP contribution < -0.4 is 5.32 Å². The minimum absolute atomic E-state index is 0.210. The lowest BCUT2D eigenvalue weighted by Gasteiger charge is -2.35. The Kier molecular flexibility index (Phi) is 4.60. The van der Waals surface area contributed by atoms with E-state index in [9.17, 15) is 18.4 Å². The zero-order chi connectivity index (χ0) is 19.7. The van der Waals surface area contributed by atoms with E-state index in [0.29, 0.717) is 16.8 Å². The quantitative estimate of drug-likeness (QED) is 0.731. The lowest BCUT2D eigenvalue weighted by Crippen LogP contribution is -2.52. The average molecular weight is 382 g/mol. The molecule has 0 saturated carbocycles. The Labute approximate surface area is 159 Å². The van der Waals surface area contributed by atoms with E-state index in [4.69, 9.17) is 0 Å². The maximum absolute atomic E-state index is 13.7. The van der Waals surface area contributed by atoms with Gasteiger partial charge in [-0.3, -0.25) is 14.7 Å². The highest BCUT2D eigenvalue weighted by Crippen LogP contribution is 2.29. The normalized spacial score (nSPS) is 16.7. The van der Waals surface area contributed by atoms with Crippen LogP contribution in [0.25, 0.3) is 11.3 Å². The van der Waals surface area contributed by atoms with Crippen molar-refractivity contribution in [2.24, 2.45) is 0 Å². The number of nitrogens with zero attached hydrogens (tertiary/aromatic N) is 2. The van der Waals surface area contributed by atoms with Gasteiger partial charge >= 0.3 is 0 Å². The van der Waals surface area contributed by atoms with Gasteiger partial charge in [-0.15, -0.1) is 0 Å². The van der Waals surface area contributed by atoms with E-state index in [-0.39, 0.29) is 24.6 Å². The number of halogens is 2. The van der Waals surface area contributed by atoms with Crippen molar-refractivity contribution in [1.82, 2.24) is 20.4 Å². The fraction of sp³-hybridized carbons (Fsp3) is 0.150. The maximum atomic E-state index is 13.7. The molecular formula is C20H16F2N4O2. The van der Waals surface area contributed by atoms with Crippen LogP contribution in [0, 0.1) is 11.6 Å². The summed E-state index contributed by atoms with van der Waals surface area (Å²) in [6.07, 6.45) is 1.34. The highest BCUT2D eigenvalue weighted by molar-refractivity contribution is 6.02. The molecule has 0 spiro atoms. The van der Waals surface area contributed by atoms with Gasteiger partial charge in [0, 0.05) is 18.7 Å². The number of nitrogens with one attached hydrogen (secondary N) is 2. The Morgan fingerprint density at radius 1 is 1.11 bits per heavy atom. The van der Waals surface area contributed by atoms with E-state index < -0.39 is 23.6 Å². The molecule has 2 amide bonds. The summed E-state index contributed by atoms with van der Waals surface area (Å²) in [5.74, 6) is -1.77. The molecular weight excluding hydrogens is 366 g/mol. The summed E-state index contributed by atoms with van der Waals surface area (Å²) in [7, 11) is 0. The van der Waals surface area contributed by atoms with Crippen LogP contribution in [0.5, 0.6) is 0 Å². The van der Waals surface area contributed by atoms with Crippen molar-refractivity contribution >= 4 is 11.8 Å². The fourth-order valence-corrected chi connectivity index (χ4v) is 3.36. The van der Waals surface area contributed by atoms with Crippen LogP contribution >= 0.6 is 0 Å². The third kappa shape index (κ3) is 3.24. The number of piperazine rings is 1. The predicted molar refractivity (Wildman–Crippen MR) is 97.2 cm³/mol. The van der Waals surface area contributed by atoms with E-state index in [2.05, 4.69) is 15.5 Å². The number of hydrogen-bond acceptors (Lipinski definition) is 3. The van der Waals surface area contributed by atoms with Crippen LogP contribution in [0.3, 0.4) is 0 Å². The second kappa shape index (κ2) is 7.22. The van der Waals surface area contributed by atoms with Gasteiger partial charge in [0.25, 0.3) is 5.91 Å². The van der Waals surface area contributed by atoms with Crippen LogP contribution in [0.15, 0.2) is 54.7 Å². The van der Waals surface area contributed by atoms with Gasteiger partial charge in [-0.05, 0) is 29.8 Å². The highest BCUT2D eigenvalue weighted by atomic mass is 19.1. The lowest BCUT2D eigenvalue weighted by atomic mass is 10.00. The Morgan fingerprint density at radius 3 is 2.61 bits per heavy atom. The van der Waals surface area contributed by atoms with E-state index in [0.717, 1.165) is 0 Å². The summed E-state index contributed by atoms with van der Waals surface area (Å²) in [5, 5.41) is 9.34. The molecule has 0 radical (unpaired) electrons. The molecule has 1 atom stereocenters. The number of benzene rings is 2. The Balaban J connectivity index is 1.73. The Morgan fingerprint density at radius 2 is 1.86 bits per heavy atom. The molecule has 2 N–H and O–H groups in total. The predicted octanol–water partition coefficient (Wildman–Crippen LogP) is 2.67. The van der Waals surface area contributed by atoms with Crippen molar-refractivity contribution in [3.63, 3.8) is 0 Å². The molecule has 1 saturated heterocycles. The third-order valence-corrected chi connectivity index (χ3v) is 4.62. The van der Waals surface area contributed by atoms with E-state index in [1.165, 1.54) is 47.5 Å². The van der Waals surface area contributed by atoms with Gasteiger partial charge < -0.3 is 10.2 Å². The molecule has 2 aromatic carbocycles. The van der Waals surface area contributed by atoms with Crippen molar-refractivity contribution < 1.29 is 18.4 Å². The van der Waals surface area contributed by atoms with Crippen LogP contribution in [-0.4, -0.2) is 40.0 Å².